The minimum atomic E-state index is -0.225. The first-order valence-corrected chi connectivity index (χ1v) is 13.2. The Kier molecular flexibility index (Phi) is 8.87. The van der Waals surface area contributed by atoms with E-state index in [1.807, 2.05) is 6.92 Å². The molecular formula is C26H34Cl2FN5O. The average Bonchev–Trinajstić information content (AvgIpc) is 2.86. The monoisotopic (exact) mass is 521 g/mol. The lowest BCUT2D eigenvalue weighted by Gasteiger charge is -2.47. The third kappa shape index (κ3) is 6.26. The van der Waals surface area contributed by atoms with Crippen molar-refractivity contribution in [1.82, 2.24) is 14.8 Å². The van der Waals surface area contributed by atoms with Crippen LogP contribution in [0.4, 0.5) is 10.2 Å². The molecule has 0 spiro atoms. The van der Waals surface area contributed by atoms with Crippen LogP contribution in [0.25, 0.3) is 0 Å². The molecule has 4 rings (SSSR count). The Balaban J connectivity index is 1.34. The quantitative estimate of drug-likeness (QED) is 0.387. The standard InChI is InChI=1S/C26H34Cl2FN5O/c1-3-21-17-33(26-23(28)13-19(15-31-26)25(30)35-4-2)11-12-34(21)22-7-9-32(10-8-22)16-18-5-6-20(27)14-24(18)29/h5-6,13-15,21-22,30H,3-4,7-12,16-17H2,1-2H3/t21-/m0/s1. The molecule has 0 saturated carbocycles. The van der Waals surface area contributed by atoms with Gasteiger partial charge >= 0.3 is 0 Å². The number of pyridine rings is 1. The predicted molar refractivity (Wildman–Crippen MR) is 140 cm³/mol. The number of anilines is 1. The number of benzene rings is 1. The van der Waals surface area contributed by atoms with E-state index >= 15 is 0 Å². The number of rotatable bonds is 7. The van der Waals surface area contributed by atoms with Crippen molar-refractivity contribution in [3.63, 3.8) is 0 Å². The summed E-state index contributed by atoms with van der Waals surface area (Å²) in [6, 6.07) is 7.68. The van der Waals surface area contributed by atoms with Gasteiger partial charge in [0.25, 0.3) is 0 Å². The van der Waals surface area contributed by atoms with E-state index in [1.165, 1.54) is 6.07 Å². The summed E-state index contributed by atoms with van der Waals surface area (Å²) in [5, 5.41) is 8.96. The summed E-state index contributed by atoms with van der Waals surface area (Å²) in [6.07, 6.45) is 4.89. The number of piperidine rings is 1. The number of likely N-dealkylation sites (tertiary alicyclic amines) is 1. The molecule has 35 heavy (non-hydrogen) atoms. The summed E-state index contributed by atoms with van der Waals surface area (Å²) in [4.78, 5) is 11.8. The van der Waals surface area contributed by atoms with Crippen molar-refractivity contribution in [2.75, 3.05) is 44.2 Å². The Hall–Kier alpha value is -1.93. The Bertz CT molecular complexity index is 1030. The van der Waals surface area contributed by atoms with Gasteiger partial charge in [0.2, 0.25) is 5.90 Å². The first-order chi connectivity index (χ1) is 16.9. The van der Waals surface area contributed by atoms with Crippen LogP contribution in [0, 0.1) is 11.2 Å². The number of nitrogens with zero attached hydrogens (tertiary/aromatic N) is 4. The zero-order valence-electron chi connectivity index (χ0n) is 20.4. The number of hydrogen-bond donors (Lipinski definition) is 1. The van der Waals surface area contributed by atoms with Gasteiger partial charge in [0, 0.05) is 55.0 Å². The van der Waals surface area contributed by atoms with E-state index < -0.39 is 0 Å². The highest BCUT2D eigenvalue weighted by Crippen LogP contribution is 2.30. The number of halogens is 3. The fraction of sp³-hybridized carbons (Fsp3) is 0.538. The molecule has 1 aromatic carbocycles. The fourth-order valence-corrected chi connectivity index (χ4v) is 5.67. The zero-order valence-corrected chi connectivity index (χ0v) is 22.0. The van der Waals surface area contributed by atoms with Crippen molar-refractivity contribution in [3.8, 4) is 0 Å². The van der Waals surface area contributed by atoms with Crippen LogP contribution in [-0.2, 0) is 11.3 Å². The summed E-state index contributed by atoms with van der Waals surface area (Å²) in [5.41, 5.74) is 1.30. The van der Waals surface area contributed by atoms with Crippen molar-refractivity contribution < 1.29 is 9.13 Å². The zero-order chi connectivity index (χ0) is 24.9. The minimum absolute atomic E-state index is 0.0925. The maximum absolute atomic E-state index is 14.2. The molecule has 0 bridgehead atoms. The van der Waals surface area contributed by atoms with E-state index in [4.69, 9.17) is 33.3 Å². The molecule has 190 valence electrons. The molecule has 0 radical (unpaired) electrons. The maximum atomic E-state index is 14.2. The number of hydrogen-bond acceptors (Lipinski definition) is 6. The Labute approximate surface area is 217 Å². The second-order valence-corrected chi connectivity index (χ2v) is 10.1. The van der Waals surface area contributed by atoms with Crippen LogP contribution >= 0.6 is 23.2 Å². The van der Waals surface area contributed by atoms with E-state index in [9.17, 15) is 4.39 Å². The molecule has 1 atom stereocenters. The lowest BCUT2D eigenvalue weighted by molar-refractivity contribution is 0.0607. The van der Waals surface area contributed by atoms with Crippen LogP contribution in [0.5, 0.6) is 0 Å². The molecular weight excluding hydrogens is 488 g/mol. The molecule has 2 fully saturated rings. The number of aromatic nitrogens is 1. The van der Waals surface area contributed by atoms with Crippen LogP contribution in [0.1, 0.15) is 44.2 Å². The van der Waals surface area contributed by atoms with E-state index in [0.29, 0.717) is 46.4 Å². The normalized spacial score (nSPS) is 20.3. The molecule has 0 aliphatic carbocycles. The fourth-order valence-electron chi connectivity index (χ4n) is 5.22. The molecule has 3 heterocycles. The van der Waals surface area contributed by atoms with Crippen molar-refractivity contribution in [2.24, 2.45) is 0 Å². The topological polar surface area (TPSA) is 55.7 Å². The number of piperazine rings is 1. The van der Waals surface area contributed by atoms with Gasteiger partial charge in [-0.3, -0.25) is 15.2 Å². The minimum Gasteiger partial charge on any atom is -0.478 e. The van der Waals surface area contributed by atoms with Crippen molar-refractivity contribution in [1.29, 1.82) is 5.41 Å². The van der Waals surface area contributed by atoms with E-state index in [0.717, 1.165) is 57.8 Å². The highest BCUT2D eigenvalue weighted by Gasteiger charge is 2.34. The van der Waals surface area contributed by atoms with E-state index in [-0.39, 0.29) is 11.7 Å². The van der Waals surface area contributed by atoms with Gasteiger partial charge in [0.05, 0.1) is 17.2 Å². The maximum Gasteiger partial charge on any atom is 0.214 e. The first-order valence-electron chi connectivity index (χ1n) is 12.4. The third-order valence-electron chi connectivity index (χ3n) is 7.11. The van der Waals surface area contributed by atoms with Crippen molar-refractivity contribution in [2.45, 2.75) is 51.7 Å². The summed E-state index contributed by atoms with van der Waals surface area (Å²) in [6.45, 7) is 9.78. The summed E-state index contributed by atoms with van der Waals surface area (Å²) < 4.78 is 19.5. The molecule has 2 saturated heterocycles. The molecule has 2 aromatic rings. The van der Waals surface area contributed by atoms with Crippen LogP contribution < -0.4 is 4.90 Å². The Morgan fingerprint density at radius 1 is 1.14 bits per heavy atom. The van der Waals surface area contributed by atoms with E-state index in [1.54, 1.807) is 24.4 Å². The van der Waals surface area contributed by atoms with Gasteiger partial charge in [0.15, 0.2) is 0 Å². The largest absolute Gasteiger partial charge is 0.478 e. The predicted octanol–water partition coefficient (Wildman–Crippen LogP) is 5.45. The highest BCUT2D eigenvalue weighted by molar-refractivity contribution is 6.33. The van der Waals surface area contributed by atoms with Crippen LogP contribution in [-0.4, -0.2) is 72.1 Å². The van der Waals surface area contributed by atoms with E-state index in [2.05, 4.69) is 26.6 Å². The molecule has 6 nitrogen and oxygen atoms in total. The summed E-state index contributed by atoms with van der Waals surface area (Å²) >= 11 is 12.5. The van der Waals surface area contributed by atoms with Crippen molar-refractivity contribution >= 4 is 34.9 Å². The lowest BCUT2D eigenvalue weighted by Crippen LogP contribution is -2.58. The average molecular weight is 522 g/mol. The van der Waals surface area contributed by atoms with Crippen LogP contribution in [0.2, 0.25) is 10.0 Å². The van der Waals surface area contributed by atoms with Gasteiger partial charge in [-0.15, -0.1) is 0 Å². The third-order valence-corrected chi connectivity index (χ3v) is 7.62. The highest BCUT2D eigenvalue weighted by atomic mass is 35.5. The van der Waals surface area contributed by atoms with Gasteiger partial charge in [-0.05, 0) is 57.5 Å². The molecule has 2 aliphatic rings. The smallest absolute Gasteiger partial charge is 0.214 e. The van der Waals surface area contributed by atoms with Gasteiger partial charge in [-0.25, -0.2) is 9.37 Å². The number of ether oxygens (including phenoxy) is 1. The molecule has 0 amide bonds. The Morgan fingerprint density at radius 3 is 2.57 bits per heavy atom. The number of nitrogens with one attached hydrogen (secondary N) is 1. The van der Waals surface area contributed by atoms with Gasteiger partial charge in [-0.1, -0.05) is 36.2 Å². The van der Waals surface area contributed by atoms with Crippen molar-refractivity contribution in [3.05, 3.63) is 57.5 Å². The molecule has 1 aromatic heterocycles. The van der Waals surface area contributed by atoms with Gasteiger partial charge in [0.1, 0.15) is 11.6 Å². The molecule has 9 heteroatoms. The second kappa shape index (κ2) is 11.9. The lowest BCUT2D eigenvalue weighted by atomic mass is 9.97. The summed E-state index contributed by atoms with van der Waals surface area (Å²) in [7, 11) is 0. The molecule has 1 N–H and O–H groups in total. The van der Waals surface area contributed by atoms with Gasteiger partial charge < -0.3 is 9.64 Å². The van der Waals surface area contributed by atoms with Crippen LogP contribution in [0.15, 0.2) is 30.5 Å². The second-order valence-electron chi connectivity index (χ2n) is 9.28. The van der Waals surface area contributed by atoms with Crippen LogP contribution in [0.3, 0.4) is 0 Å². The Morgan fingerprint density at radius 2 is 1.91 bits per heavy atom. The van der Waals surface area contributed by atoms with Gasteiger partial charge in [-0.2, -0.15) is 0 Å². The SMILES string of the molecule is CCOC(=N)c1cnc(N2CCN(C3CCN(Cc4ccc(Cl)cc4F)CC3)[C@@H](CC)C2)c(Cl)c1. The molecule has 0 unspecified atom stereocenters. The first kappa shape index (κ1) is 26.1. The molecule has 2 aliphatic heterocycles. The summed E-state index contributed by atoms with van der Waals surface area (Å²) in [5.74, 6) is 0.643.